The van der Waals surface area contributed by atoms with Crippen molar-refractivity contribution >= 4 is 29.1 Å². The third kappa shape index (κ3) is 5.48. The van der Waals surface area contributed by atoms with Gasteiger partial charge in [-0.1, -0.05) is 53.8 Å². The highest BCUT2D eigenvalue weighted by molar-refractivity contribution is 7.07. The molecule has 4 aromatic rings. The minimum absolute atomic E-state index is 0.0197. The van der Waals surface area contributed by atoms with Gasteiger partial charge in [0.2, 0.25) is 0 Å². The van der Waals surface area contributed by atoms with Crippen LogP contribution in [0.3, 0.4) is 0 Å². The zero-order valence-corrected chi connectivity index (χ0v) is 22.6. The molecule has 2 heterocycles. The number of aromatic nitrogens is 1. The molecule has 1 aromatic heterocycles. The maximum Gasteiger partial charge on any atom is 0.338 e. The van der Waals surface area contributed by atoms with E-state index in [1.807, 2.05) is 48.5 Å². The molecular formula is C30H25N3O6S. The van der Waals surface area contributed by atoms with E-state index in [0.29, 0.717) is 26.4 Å². The molecule has 0 unspecified atom stereocenters. The van der Waals surface area contributed by atoms with Crippen molar-refractivity contribution in [3.63, 3.8) is 0 Å². The van der Waals surface area contributed by atoms with E-state index in [1.165, 1.54) is 23.5 Å². The Morgan fingerprint density at radius 3 is 2.55 bits per heavy atom. The monoisotopic (exact) mass is 555 g/mol. The molecule has 1 aliphatic rings. The van der Waals surface area contributed by atoms with Gasteiger partial charge in [-0.2, -0.15) is 0 Å². The van der Waals surface area contributed by atoms with E-state index in [9.17, 15) is 19.7 Å². The molecule has 0 saturated carbocycles. The van der Waals surface area contributed by atoms with E-state index >= 15 is 0 Å². The van der Waals surface area contributed by atoms with Gasteiger partial charge >= 0.3 is 5.97 Å². The third-order valence-corrected chi connectivity index (χ3v) is 7.32. The second kappa shape index (κ2) is 11.5. The topological polar surface area (TPSA) is 113 Å². The molecule has 0 amide bonds. The predicted molar refractivity (Wildman–Crippen MR) is 151 cm³/mol. The summed E-state index contributed by atoms with van der Waals surface area (Å²) in [5, 5.41) is 10.9. The molecule has 0 aliphatic carbocycles. The van der Waals surface area contributed by atoms with E-state index in [0.717, 1.165) is 16.7 Å². The van der Waals surface area contributed by atoms with Crippen LogP contribution in [0.1, 0.15) is 36.6 Å². The third-order valence-electron chi connectivity index (χ3n) is 6.34. The summed E-state index contributed by atoms with van der Waals surface area (Å²) in [4.78, 5) is 42.2. The van der Waals surface area contributed by atoms with Gasteiger partial charge in [0.1, 0.15) is 12.4 Å². The fourth-order valence-corrected chi connectivity index (χ4v) is 5.51. The first-order valence-corrected chi connectivity index (χ1v) is 13.4. The summed E-state index contributed by atoms with van der Waals surface area (Å²) in [6.07, 6.45) is 1.77. The Hall–Kier alpha value is -4.83. The summed E-state index contributed by atoms with van der Waals surface area (Å²) in [7, 11) is 0. The number of nitro groups is 1. The quantitative estimate of drug-likeness (QED) is 0.182. The Labute approximate surface area is 233 Å². The van der Waals surface area contributed by atoms with Crippen LogP contribution in [0.2, 0.25) is 0 Å². The van der Waals surface area contributed by atoms with E-state index in [2.05, 4.69) is 4.99 Å². The van der Waals surface area contributed by atoms with Crippen LogP contribution >= 0.6 is 11.3 Å². The lowest BCUT2D eigenvalue weighted by Gasteiger charge is -2.24. The van der Waals surface area contributed by atoms with Crippen LogP contribution < -0.4 is 19.6 Å². The second-order valence-electron chi connectivity index (χ2n) is 9.00. The molecule has 0 bridgehead atoms. The number of thiazole rings is 1. The maximum absolute atomic E-state index is 13.7. The van der Waals surface area contributed by atoms with Crippen molar-refractivity contribution in [3.05, 3.63) is 137 Å². The zero-order valence-electron chi connectivity index (χ0n) is 21.8. The molecule has 0 spiro atoms. The molecule has 5 rings (SSSR count). The van der Waals surface area contributed by atoms with E-state index in [1.54, 1.807) is 42.7 Å². The maximum atomic E-state index is 13.7. The van der Waals surface area contributed by atoms with Crippen molar-refractivity contribution in [2.24, 2.45) is 4.99 Å². The average Bonchev–Trinajstić information content (AvgIpc) is 3.26. The van der Waals surface area contributed by atoms with Crippen molar-refractivity contribution in [1.29, 1.82) is 0 Å². The number of hydrogen-bond acceptors (Lipinski definition) is 8. The highest BCUT2D eigenvalue weighted by Gasteiger charge is 2.33. The first-order valence-electron chi connectivity index (χ1n) is 12.6. The minimum Gasteiger partial charge on any atom is -0.489 e. The van der Waals surface area contributed by atoms with Gasteiger partial charge in [-0.15, -0.1) is 0 Å². The van der Waals surface area contributed by atoms with Gasteiger partial charge in [-0.25, -0.2) is 9.79 Å². The summed E-state index contributed by atoms with van der Waals surface area (Å²) in [5.74, 6) is 0.0900. The van der Waals surface area contributed by atoms with Crippen LogP contribution in [-0.2, 0) is 16.1 Å². The number of carbonyl (C=O) groups excluding carboxylic acids is 1. The van der Waals surface area contributed by atoms with Crippen molar-refractivity contribution in [2.75, 3.05) is 6.61 Å². The first kappa shape index (κ1) is 26.8. The van der Waals surface area contributed by atoms with Gasteiger partial charge in [0, 0.05) is 12.1 Å². The Kier molecular flexibility index (Phi) is 7.70. The van der Waals surface area contributed by atoms with E-state index < -0.39 is 16.9 Å². The standard InChI is InChI=1S/C30H25N3O6S/c1-3-38-29(35)26-19(2)31-30-32(27(26)22-9-5-4-6-10-22)28(34)25(40-30)17-21-8-7-11-24(16-21)39-18-20-12-14-23(15-13-20)33(36)37/h4-17,27H,3,18H2,1-2H3/b25-17-/t27-/m0/s1. The van der Waals surface area contributed by atoms with Crippen LogP contribution in [0.25, 0.3) is 6.08 Å². The normalized spacial score (nSPS) is 14.8. The molecule has 202 valence electrons. The van der Waals surface area contributed by atoms with Crippen LogP contribution in [0.5, 0.6) is 5.75 Å². The van der Waals surface area contributed by atoms with Crippen LogP contribution in [-0.4, -0.2) is 22.1 Å². The summed E-state index contributed by atoms with van der Waals surface area (Å²) in [5.41, 5.74) is 2.95. The largest absolute Gasteiger partial charge is 0.489 e. The summed E-state index contributed by atoms with van der Waals surface area (Å²) >= 11 is 1.25. The highest BCUT2D eigenvalue weighted by Crippen LogP contribution is 2.30. The van der Waals surface area contributed by atoms with Crippen LogP contribution in [0, 0.1) is 10.1 Å². The Bertz CT molecular complexity index is 1790. The molecule has 0 fully saturated rings. The fraction of sp³-hybridized carbons (Fsp3) is 0.167. The van der Waals surface area contributed by atoms with Gasteiger partial charge in [-0.05, 0) is 60.9 Å². The van der Waals surface area contributed by atoms with Crippen LogP contribution in [0.15, 0.2) is 99.9 Å². The van der Waals surface area contributed by atoms with E-state index in [-0.39, 0.29) is 24.5 Å². The smallest absolute Gasteiger partial charge is 0.338 e. The zero-order chi connectivity index (χ0) is 28.2. The molecule has 9 nitrogen and oxygen atoms in total. The molecule has 0 saturated heterocycles. The molecule has 1 aliphatic heterocycles. The molecular weight excluding hydrogens is 530 g/mol. The van der Waals surface area contributed by atoms with Crippen LogP contribution in [0.4, 0.5) is 5.69 Å². The number of hydrogen-bond donors (Lipinski definition) is 0. The SMILES string of the molecule is CCOC(=O)C1=C(C)N=c2s/c(=C\c3cccc(OCc4ccc([N+](=O)[O-])cc4)c3)c(=O)n2[C@H]1c1ccccc1. The summed E-state index contributed by atoms with van der Waals surface area (Å²) in [6, 6.07) is 22.2. The number of rotatable bonds is 8. The number of nitrogens with zero attached hydrogens (tertiary/aromatic N) is 3. The average molecular weight is 556 g/mol. The number of non-ortho nitro benzene ring substituents is 1. The lowest BCUT2D eigenvalue weighted by atomic mass is 9.96. The number of benzene rings is 3. The number of fused-ring (bicyclic) bond motifs is 1. The van der Waals surface area contributed by atoms with Crippen molar-refractivity contribution in [1.82, 2.24) is 4.57 Å². The molecule has 10 heteroatoms. The number of esters is 1. The lowest BCUT2D eigenvalue weighted by Crippen LogP contribution is -2.39. The lowest BCUT2D eigenvalue weighted by molar-refractivity contribution is -0.384. The second-order valence-corrected chi connectivity index (χ2v) is 10.0. The Morgan fingerprint density at radius 2 is 1.85 bits per heavy atom. The molecule has 0 N–H and O–H groups in total. The van der Waals surface area contributed by atoms with E-state index in [4.69, 9.17) is 9.47 Å². The van der Waals surface area contributed by atoms with Gasteiger partial charge in [0.25, 0.3) is 11.2 Å². The summed E-state index contributed by atoms with van der Waals surface area (Å²) in [6.45, 7) is 3.94. The Balaban J connectivity index is 1.48. The fourth-order valence-electron chi connectivity index (χ4n) is 4.47. The van der Waals surface area contributed by atoms with Crippen molar-refractivity contribution < 1.29 is 19.2 Å². The number of allylic oxidation sites excluding steroid dienone is 1. The molecule has 0 radical (unpaired) electrons. The van der Waals surface area contributed by atoms with Gasteiger partial charge in [0.15, 0.2) is 4.80 Å². The molecule has 40 heavy (non-hydrogen) atoms. The van der Waals surface area contributed by atoms with Gasteiger partial charge < -0.3 is 9.47 Å². The summed E-state index contributed by atoms with van der Waals surface area (Å²) < 4.78 is 13.2. The minimum atomic E-state index is -0.657. The van der Waals surface area contributed by atoms with Gasteiger partial charge in [0.05, 0.1) is 33.4 Å². The number of carbonyl (C=O) groups is 1. The number of nitro benzene ring substituents is 1. The number of ether oxygens (including phenoxy) is 2. The highest BCUT2D eigenvalue weighted by atomic mass is 32.1. The van der Waals surface area contributed by atoms with Crippen molar-refractivity contribution in [2.45, 2.75) is 26.5 Å². The molecule has 3 aromatic carbocycles. The predicted octanol–water partition coefficient (Wildman–Crippen LogP) is 4.29. The van der Waals surface area contributed by atoms with Gasteiger partial charge in [-0.3, -0.25) is 19.5 Å². The first-order chi connectivity index (χ1) is 19.4. The Morgan fingerprint density at radius 1 is 1.10 bits per heavy atom. The molecule has 1 atom stereocenters. The van der Waals surface area contributed by atoms with Crippen molar-refractivity contribution in [3.8, 4) is 5.75 Å².